The average Bonchev–Trinajstić information content (AvgIpc) is 2.89. The number of sulfone groups is 1. The summed E-state index contributed by atoms with van der Waals surface area (Å²) in [7, 11) is -3.31. The zero-order chi connectivity index (χ0) is 14.6. The van der Waals surface area contributed by atoms with E-state index in [0.717, 1.165) is 25.7 Å². The van der Waals surface area contributed by atoms with Crippen molar-refractivity contribution in [3.63, 3.8) is 0 Å². The quantitative estimate of drug-likeness (QED) is 0.877. The number of amides is 1. The van der Waals surface area contributed by atoms with Crippen molar-refractivity contribution in [3.05, 3.63) is 29.8 Å². The molecule has 0 bridgehead atoms. The molecular weight excluding hydrogens is 278 g/mol. The Balaban J connectivity index is 1.97. The second-order valence-corrected chi connectivity index (χ2v) is 6.98. The zero-order valence-corrected chi connectivity index (χ0v) is 12.3. The summed E-state index contributed by atoms with van der Waals surface area (Å²) in [6.45, 7) is 1.23. The molecule has 1 N–H and O–H groups in total. The first kappa shape index (κ1) is 15.0. The van der Waals surface area contributed by atoms with Crippen LogP contribution < -0.4 is 5.32 Å². The van der Waals surface area contributed by atoms with Gasteiger partial charge in [-0.3, -0.25) is 4.79 Å². The van der Waals surface area contributed by atoms with Gasteiger partial charge in [0.2, 0.25) is 5.91 Å². The monoisotopic (exact) mass is 297 g/mol. The third-order valence-electron chi connectivity index (χ3n) is 3.27. The van der Waals surface area contributed by atoms with E-state index in [2.05, 4.69) is 5.32 Å². The molecule has 6 heteroatoms. The van der Waals surface area contributed by atoms with Crippen molar-refractivity contribution in [1.29, 1.82) is 0 Å². The first-order valence-corrected chi connectivity index (χ1v) is 8.52. The second-order valence-electron chi connectivity index (χ2n) is 5.00. The average molecular weight is 297 g/mol. The maximum Gasteiger partial charge on any atom is 0.224 e. The molecule has 1 fully saturated rings. The Morgan fingerprint density at radius 1 is 1.40 bits per heavy atom. The minimum atomic E-state index is -3.31. The number of carbonyl (C=O) groups excluding carboxylic acids is 1. The highest BCUT2D eigenvalue weighted by atomic mass is 32.2. The maximum atomic E-state index is 11.9. The van der Waals surface area contributed by atoms with E-state index in [9.17, 15) is 13.2 Å². The van der Waals surface area contributed by atoms with E-state index in [1.807, 2.05) is 0 Å². The normalized spacial score (nSPS) is 18.9. The van der Waals surface area contributed by atoms with Gasteiger partial charge in [-0.1, -0.05) is 18.2 Å². The van der Waals surface area contributed by atoms with Crippen molar-refractivity contribution >= 4 is 15.7 Å². The van der Waals surface area contributed by atoms with Gasteiger partial charge in [0.25, 0.3) is 0 Å². The van der Waals surface area contributed by atoms with E-state index in [4.69, 9.17) is 4.74 Å². The molecule has 20 heavy (non-hydrogen) atoms. The van der Waals surface area contributed by atoms with Gasteiger partial charge >= 0.3 is 0 Å². The Hall–Kier alpha value is -1.40. The Bertz CT molecular complexity index is 577. The molecule has 0 aliphatic carbocycles. The molecule has 0 radical (unpaired) electrons. The molecule has 1 aromatic rings. The zero-order valence-electron chi connectivity index (χ0n) is 11.5. The van der Waals surface area contributed by atoms with Gasteiger partial charge in [0.15, 0.2) is 9.84 Å². The molecule has 5 nitrogen and oxygen atoms in total. The van der Waals surface area contributed by atoms with E-state index in [1.54, 1.807) is 18.2 Å². The van der Waals surface area contributed by atoms with E-state index < -0.39 is 9.84 Å². The topological polar surface area (TPSA) is 72.5 Å². The fourth-order valence-electron chi connectivity index (χ4n) is 2.28. The van der Waals surface area contributed by atoms with Crippen molar-refractivity contribution < 1.29 is 17.9 Å². The summed E-state index contributed by atoms with van der Waals surface area (Å²) in [5.41, 5.74) is 0.528. The van der Waals surface area contributed by atoms with E-state index in [-0.39, 0.29) is 23.3 Å². The van der Waals surface area contributed by atoms with Crippen molar-refractivity contribution in [2.45, 2.75) is 30.3 Å². The summed E-state index contributed by atoms with van der Waals surface area (Å²) >= 11 is 0. The first-order chi connectivity index (χ1) is 9.47. The number of nitrogens with one attached hydrogen (secondary N) is 1. The molecule has 1 aromatic carbocycles. The Kier molecular flexibility index (Phi) is 4.77. The molecular formula is C14H19NO4S. The number of ether oxygens (including phenoxy) is 1. The predicted molar refractivity (Wildman–Crippen MR) is 75.2 cm³/mol. The Morgan fingerprint density at radius 2 is 2.15 bits per heavy atom. The molecule has 1 saturated heterocycles. The first-order valence-electron chi connectivity index (χ1n) is 6.63. The molecule has 1 aliphatic heterocycles. The van der Waals surface area contributed by atoms with Crippen molar-refractivity contribution in [1.82, 2.24) is 5.32 Å². The van der Waals surface area contributed by atoms with Crippen LogP contribution in [0.25, 0.3) is 0 Å². The number of rotatable bonds is 5. The van der Waals surface area contributed by atoms with E-state index in [0.29, 0.717) is 12.1 Å². The lowest BCUT2D eigenvalue weighted by atomic mass is 10.1. The van der Waals surface area contributed by atoms with Gasteiger partial charge < -0.3 is 10.1 Å². The smallest absolute Gasteiger partial charge is 0.224 e. The molecule has 1 unspecified atom stereocenters. The lowest BCUT2D eigenvalue weighted by Gasteiger charge is -2.12. The second kappa shape index (κ2) is 6.37. The maximum absolute atomic E-state index is 11.9. The van der Waals surface area contributed by atoms with Crippen LogP contribution in [-0.2, 0) is 25.8 Å². The van der Waals surface area contributed by atoms with Gasteiger partial charge in [0.05, 0.1) is 17.4 Å². The molecule has 110 valence electrons. The number of benzene rings is 1. The molecule has 1 amide bonds. The van der Waals surface area contributed by atoms with Crippen LogP contribution in [0.5, 0.6) is 0 Å². The lowest BCUT2D eigenvalue weighted by molar-refractivity contribution is -0.120. The van der Waals surface area contributed by atoms with Crippen LogP contribution in [0.3, 0.4) is 0 Å². The third kappa shape index (κ3) is 4.05. The predicted octanol–water partition coefficient (Wildman–Crippen LogP) is 0.928. The highest BCUT2D eigenvalue weighted by Crippen LogP contribution is 2.16. The summed E-state index contributed by atoms with van der Waals surface area (Å²) < 4.78 is 28.7. The molecule has 0 spiro atoms. The summed E-state index contributed by atoms with van der Waals surface area (Å²) in [6, 6.07) is 6.58. The number of carbonyl (C=O) groups is 1. The standard InChI is InChI=1S/C14H19NO4S/c1-20(17,18)13-7-3-2-5-11(13)9-14(16)15-10-12-6-4-8-19-12/h2-3,5,7,12H,4,6,8-10H2,1H3,(H,15,16). The van der Waals surface area contributed by atoms with Crippen LogP contribution >= 0.6 is 0 Å². The highest BCUT2D eigenvalue weighted by Gasteiger charge is 2.18. The molecule has 1 heterocycles. The van der Waals surface area contributed by atoms with Gasteiger partial charge in [-0.25, -0.2) is 8.42 Å². The van der Waals surface area contributed by atoms with Gasteiger partial charge in [-0.05, 0) is 24.5 Å². The van der Waals surface area contributed by atoms with Crippen LogP contribution in [0.2, 0.25) is 0 Å². The minimum absolute atomic E-state index is 0.0654. The van der Waals surface area contributed by atoms with Crippen LogP contribution in [0.4, 0.5) is 0 Å². The minimum Gasteiger partial charge on any atom is -0.376 e. The SMILES string of the molecule is CS(=O)(=O)c1ccccc1CC(=O)NCC1CCCO1. The molecule has 1 aliphatic rings. The van der Waals surface area contributed by atoms with Crippen molar-refractivity contribution in [2.75, 3.05) is 19.4 Å². The van der Waals surface area contributed by atoms with Crippen molar-refractivity contribution in [3.8, 4) is 0 Å². The largest absolute Gasteiger partial charge is 0.376 e. The summed E-state index contributed by atoms with van der Waals surface area (Å²) in [6.07, 6.45) is 3.29. The van der Waals surface area contributed by atoms with Gasteiger partial charge in [0.1, 0.15) is 0 Å². The van der Waals surface area contributed by atoms with Gasteiger partial charge in [0, 0.05) is 19.4 Å². The molecule has 0 saturated carbocycles. The summed E-state index contributed by atoms with van der Waals surface area (Å²) in [5, 5.41) is 2.79. The van der Waals surface area contributed by atoms with Gasteiger partial charge in [-0.15, -0.1) is 0 Å². The number of hydrogen-bond donors (Lipinski definition) is 1. The lowest BCUT2D eigenvalue weighted by Crippen LogP contribution is -2.33. The fourth-order valence-corrected chi connectivity index (χ4v) is 3.22. The molecule has 1 atom stereocenters. The number of hydrogen-bond acceptors (Lipinski definition) is 4. The van der Waals surface area contributed by atoms with Crippen LogP contribution in [0.1, 0.15) is 18.4 Å². The van der Waals surface area contributed by atoms with E-state index >= 15 is 0 Å². The van der Waals surface area contributed by atoms with Crippen LogP contribution in [0.15, 0.2) is 29.2 Å². The van der Waals surface area contributed by atoms with Crippen LogP contribution in [-0.4, -0.2) is 39.8 Å². The van der Waals surface area contributed by atoms with Crippen molar-refractivity contribution in [2.24, 2.45) is 0 Å². The summed E-state index contributed by atoms with van der Waals surface area (Å²) in [5.74, 6) is -0.184. The fraction of sp³-hybridized carbons (Fsp3) is 0.500. The van der Waals surface area contributed by atoms with Crippen LogP contribution in [0, 0.1) is 0 Å². The Morgan fingerprint density at radius 3 is 2.80 bits per heavy atom. The Labute approximate surface area is 119 Å². The van der Waals surface area contributed by atoms with E-state index in [1.165, 1.54) is 6.07 Å². The third-order valence-corrected chi connectivity index (χ3v) is 4.47. The molecule has 2 rings (SSSR count). The molecule has 0 aromatic heterocycles. The highest BCUT2D eigenvalue weighted by molar-refractivity contribution is 7.90. The van der Waals surface area contributed by atoms with Gasteiger partial charge in [-0.2, -0.15) is 0 Å². The summed E-state index contributed by atoms with van der Waals surface area (Å²) in [4.78, 5) is 12.1.